The number of aromatic amines is 1. The second kappa shape index (κ2) is 7.27. The van der Waals surface area contributed by atoms with E-state index < -0.39 is 16.4 Å². The first-order valence-corrected chi connectivity index (χ1v) is 8.70. The molecule has 0 unspecified atom stereocenters. The summed E-state index contributed by atoms with van der Waals surface area (Å²) < 4.78 is 7.27. The molecule has 0 bridgehead atoms. The number of rotatable bonds is 4. The normalized spacial score (nSPS) is 11.6. The fourth-order valence-electron chi connectivity index (χ4n) is 2.56. The predicted molar refractivity (Wildman–Crippen MR) is 107 cm³/mol. The first-order chi connectivity index (χ1) is 12.8. The van der Waals surface area contributed by atoms with Crippen LogP contribution in [0.25, 0.3) is 18.3 Å². The van der Waals surface area contributed by atoms with Crippen LogP contribution in [0, 0.1) is 13.7 Å². The Morgan fingerprint density at radius 2 is 1.96 bits per heavy atom. The van der Waals surface area contributed by atoms with Crippen molar-refractivity contribution in [2.75, 3.05) is 7.11 Å². The fraction of sp³-hybridized carbons (Fsp3) is 0.0556. The molecule has 27 heavy (non-hydrogen) atoms. The lowest BCUT2D eigenvalue weighted by Gasteiger charge is -2.13. The number of nitrogens with one attached hydrogen (secondary N) is 1. The molecule has 138 valence electrons. The fourth-order valence-corrected chi connectivity index (χ4v) is 2.92. The highest BCUT2D eigenvalue weighted by Gasteiger charge is 2.13. The zero-order valence-corrected chi connectivity index (χ0v) is 16.2. The van der Waals surface area contributed by atoms with Crippen molar-refractivity contribution in [3.05, 3.63) is 76.6 Å². The third kappa shape index (κ3) is 3.58. The zero-order valence-electron chi connectivity index (χ0n) is 14.1. The molecular formula is C18H13IN3O5-. The number of ether oxygens (including phenoxy) is 1. The topological polar surface area (TPSA) is 113 Å². The minimum Gasteiger partial charge on any atom is -0.865 e. The van der Waals surface area contributed by atoms with Gasteiger partial charge in [0.2, 0.25) is 0 Å². The van der Waals surface area contributed by atoms with Crippen LogP contribution in [-0.2, 0) is 0 Å². The minimum absolute atomic E-state index is 0.172. The van der Waals surface area contributed by atoms with Gasteiger partial charge in [-0.3, -0.25) is 20.0 Å². The van der Waals surface area contributed by atoms with Gasteiger partial charge in [-0.1, -0.05) is 6.58 Å². The van der Waals surface area contributed by atoms with Crippen molar-refractivity contribution in [2.45, 2.75) is 0 Å². The largest absolute Gasteiger partial charge is 0.865 e. The number of hydrogen-bond donors (Lipinski definition) is 1. The first kappa shape index (κ1) is 18.7. The summed E-state index contributed by atoms with van der Waals surface area (Å²) in [7, 11) is 1.25. The summed E-state index contributed by atoms with van der Waals surface area (Å²) in [6, 6.07) is 9.72. The Kier molecular flexibility index (Phi) is 5.04. The second-order valence-electron chi connectivity index (χ2n) is 5.59. The van der Waals surface area contributed by atoms with E-state index in [1.165, 1.54) is 23.9 Å². The highest BCUT2D eigenvalue weighted by molar-refractivity contribution is 14.1. The summed E-state index contributed by atoms with van der Waals surface area (Å²) in [5, 5.41) is 26.5. The van der Waals surface area contributed by atoms with Gasteiger partial charge in [-0.2, -0.15) is 0 Å². The van der Waals surface area contributed by atoms with Crippen LogP contribution in [0.4, 0.5) is 5.69 Å². The molecule has 3 aromatic rings. The Bertz CT molecular complexity index is 1200. The van der Waals surface area contributed by atoms with Crippen molar-refractivity contribution in [3.8, 4) is 17.2 Å². The molecule has 3 rings (SSSR count). The molecule has 2 aromatic carbocycles. The SMILES string of the molecule is C=c1[nH]n(-c2ccc(I)cc2)c(=O)/c1=C/c1cc(OC)c([O-])c([N+](=O)[O-])c1. The van der Waals surface area contributed by atoms with Gasteiger partial charge in [-0.15, -0.1) is 0 Å². The number of hydrogen-bond acceptors (Lipinski definition) is 5. The third-order valence-corrected chi connectivity index (χ3v) is 4.59. The van der Waals surface area contributed by atoms with E-state index in [1.54, 1.807) is 12.1 Å². The van der Waals surface area contributed by atoms with Gasteiger partial charge in [0.15, 0.2) is 0 Å². The van der Waals surface area contributed by atoms with Gasteiger partial charge >= 0.3 is 0 Å². The van der Waals surface area contributed by atoms with E-state index in [1.807, 2.05) is 12.1 Å². The van der Waals surface area contributed by atoms with Gasteiger partial charge in [0.05, 0.1) is 28.3 Å². The van der Waals surface area contributed by atoms with E-state index in [0.717, 1.165) is 9.64 Å². The molecular weight excluding hydrogens is 465 g/mol. The molecule has 1 aromatic heterocycles. The van der Waals surface area contributed by atoms with Gasteiger partial charge in [0.25, 0.3) is 11.2 Å². The van der Waals surface area contributed by atoms with Crippen LogP contribution in [0.5, 0.6) is 11.5 Å². The number of nitro groups is 1. The van der Waals surface area contributed by atoms with E-state index in [2.05, 4.69) is 34.3 Å². The summed E-state index contributed by atoms with van der Waals surface area (Å²) in [5.41, 5.74) is -0.0777. The minimum atomic E-state index is -0.820. The second-order valence-corrected chi connectivity index (χ2v) is 6.84. The number of benzene rings is 2. The summed E-state index contributed by atoms with van der Waals surface area (Å²) in [4.78, 5) is 23.1. The smallest absolute Gasteiger partial charge is 0.279 e. The Morgan fingerprint density at radius 1 is 1.30 bits per heavy atom. The standard InChI is InChI=1S/C18H14IN3O5/c1-10-14(18(24)21(20-10)13-5-3-12(19)4-6-13)7-11-8-15(22(25)26)17(23)16(9-11)27-2/h3-9,20,23H,1H2,2H3/p-1/b14-7+. The van der Waals surface area contributed by atoms with Crippen LogP contribution in [-0.4, -0.2) is 21.8 Å². The zero-order chi connectivity index (χ0) is 19.7. The van der Waals surface area contributed by atoms with Gasteiger partial charge in [0.1, 0.15) is 5.75 Å². The monoisotopic (exact) mass is 478 g/mol. The Labute approximate surface area is 166 Å². The Balaban J connectivity index is 2.21. The Hall–Kier alpha value is -3.08. The molecule has 1 N–H and O–H groups in total. The number of nitrogens with zero attached hydrogens (tertiary/aromatic N) is 2. The third-order valence-electron chi connectivity index (χ3n) is 3.88. The molecule has 9 heteroatoms. The average Bonchev–Trinajstić information content (AvgIpc) is 2.91. The van der Waals surface area contributed by atoms with Crippen LogP contribution in [0.2, 0.25) is 0 Å². The molecule has 8 nitrogen and oxygen atoms in total. The molecule has 0 saturated heterocycles. The number of halogens is 1. The molecule has 0 radical (unpaired) electrons. The van der Waals surface area contributed by atoms with Crippen molar-refractivity contribution in [1.29, 1.82) is 0 Å². The van der Waals surface area contributed by atoms with Crippen molar-refractivity contribution in [1.82, 2.24) is 9.78 Å². The number of nitro benzene ring substituents is 1. The molecule has 0 aliphatic carbocycles. The van der Waals surface area contributed by atoms with Crippen molar-refractivity contribution in [3.63, 3.8) is 0 Å². The van der Waals surface area contributed by atoms with Crippen LogP contribution >= 0.6 is 22.6 Å². The van der Waals surface area contributed by atoms with E-state index in [0.29, 0.717) is 11.0 Å². The van der Waals surface area contributed by atoms with Crippen LogP contribution in [0.15, 0.2) is 41.2 Å². The van der Waals surface area contributed by atoms with Gasteiger partial charge in [0, 0.05) is 15.4 Å². The first-order valence-electron chi connectivity index (χ1n) is 7.63. The summed E-state index contributed by atoms with van der Waals surface area (Å²) in [6.07, 6.45) is 1.43. The summed E-state index contributed by atoms with van der Waals surface area (Å²) in [6.45, 7) is 3.82. The summed E-state index contributed by atoms with van der Waals surface area (Å²) in [5.74, 6) is -0.991. The highest BCUT2D eigenvalue weighted by atomic mass is 127. The molecule has 0 atom stereocenters. The van der Waals surface area contributed by atoms with E-state index >= 15 is 0 Å². The molecule has 0 aliphatic heterocycles. The number of H-pyrrole nitrogens is 1. The Morgan fingerprint density at radius 3 is 2.56 bits per heavy atom. The molecule has 0 aliphatic rings. The maximum absolute atomic E-state index is 12.8. The molecule has 0 amide bonds. The molecule has 0 spiro atoms. The lowest BCUT2D eigenvalue weighted by atomic mass is 10.1. The van der Waals surface area contributed by atoms with Crippen molar-refractivity contribution < 1.29 is 14.8 Å². The van der Waals surface area contributed by atoms with Crippen molar-refractivity contribution in [2.24, 2.45) is 0 Å². The molecule has 1 heterocycles. The van der Waals surface area contributed by atoms with E-state index in [9.17, 15) is 20.0 Å². The molecule has 0 saturated carbocycles. The van der Waals surface area contributed by atoms with E-state index in [4.69, 9.17) is 4.74 Å². The maximum atomic E-state index is 12.8. The quantitative estimate of drug-likeness (QED) is 0.342. The molecule has 0 fully saturated rings. The van der Waals surface area contributed by atoms with Crippen LogP contribution in [0.3, 0.4) is 0 Å². The van der Waals surface area contributed by atoms with Crippen LogP contribution in [0.1, 0.15) is 5.56 Å². The summed E-state index contributed by atoms with van der Waals surface area (Å²) >= 11 is 2.16. The lowest BCUT2D eigenvalue weighted by Crippen LogP contribution is -2.33. The maximum Gasteiger partial charge on any atom is 0.279 e. The van der Waals surface area contributed by atoms with Gasteiger partial charge in [-0.25, -0.2) is 4.68 Å². The van der Waals surface area contributed by atoms with Crippen LogP contribution < -0.4 is 26.0 Å². The van der Waals surface area contributed by atoms with E-state index in [-0.39, 0.29) is 22.1 Å². The predicted octanol–water partition coefficient (Wildman–Crippen LogP) is 1.000. The van der Waals surface area contributed by atoms with Gasteiger partial charge < -0.3 is 9.84 Å². The number of aromatic nitrogens is 2. The highest BCUT2D eigenvalue weighted by Crippen LogP contribution is 2.34. The lowest BCUT2D eigenvalue weighted by molar-refractivity contribution is -0.398. The average molecular weight is 478 g/mol. The van der Waals surface area contributed by atoms with Gasteiger partial charge in [-0.05, 0) is 64.6 Å². The number of methoxy groups -OCH3 is 1. The van der Waals surface area contributed by atoms with Crippen molar-refractivity contribution >= 4 is 40.9 Å².